The van der Waals surface area contributed by atoms with Crippen molar-refractivity contribution in [3.8, 4) is 0 Å². The van der Waals surface area contributed by atoms with Gasteiger partial charge in [0.15, 0.2) is 0 Å². The molecule has 0 amide bonds. The first-order valence-electron chi connectivity index (χ1n) is 11.9. The zero-order chi connectivity index (χ0) is 22.9. The number of aryl methyl sites for hydroxylation is 2. The van der Waals surface area contributed by atoms with E-state index in [0.717, 1.165) is 55.7 Å². The van der Waals surface area contributed by atoms with E-state index in [0.29, 0.717) is 0 Å². The van der Waals surface area contributed by atoms with Crippen LogP contribution in [0.4, 0.5) is 11.4 Å². The van der Waals surface area contributed by atoms with E-state index in [9.17, 15) is 0 Å². The number of rotatable bonds is 12. The summed E-state index contributed by atoms with van der Waals surface area (Å²) >= 11 is 0. The van der Waals surface area contributed by atoms with Crippen molar-refractivity contribution in [3.63, 3.8) is 0 Å². The molecule has 5 heteroatoms. The number of benzene rings is 2. The molecule has 4 rings (SSSR count). The molecule has 4 aromatic rings. The van der Waals surface area contributed by atoms with E-state index < -0.39 is 0 Å². The number of nitrogens with one attached hydrogen (secondary N) is 3. The standard InChI is InChI=1S/C28H34N4O/c1-21(29-16-4-5-18-33)28-19-25(15-17-30-28)32-24-13-11-22(12-14-24)7-6-8-23-20-31-27-10-3-2-9-26(23)27/h2-3,9-15,17,19-21,29,31,33H,4-8,16,18H2,1H3,(H,30,32). The third kappa shape index (κ3) is 6.44. The van der Waals surface area contributed by atoms with Crippen LogP contribution in [0, 0.1) is 0 Å². The minimum absolute atomic E-state index is 0.171. The average Bonchev–Trinajstić information content (AvgIpc) is 3.26. The molecule has 0 spiro atoms. The summed E-state index contributed by atoms with van der Waals surface area (Å²) in [6, 6.07) is 21.5. The second kappa shape index (κ2) is 11.6. The van der Waals surface area contributed by atoms with Crippen molar-refractivity contribution >= 4 is 22.3 Å². The largest absolute Gasteiger partial charge is 0.396 e. The third-order valence-electron chi connectivity index (χ3n) is 6.09. The lowest BCUT2D eigenvalue weighted by Crippen LogP contribution is -2.21. The number of fused-ring (bicyclic) bond motifs is 1. The molecule has 0 bridgehead atoms. The summed E-state index contributed by atoms with van der Waals surface area (Å²) in [5, 5.41) is 17.2. The second-order valence-electron chi connectivity index (χ2n) is 8.61. The van der Waals surface area contributed by atoms with Crippen LogP contribution in [0.25, 0.3) is 10.9 Å². The van der Waals surface area contributed by atoms with Gasteiger partial charge in [0.05, 0.1) is 5.69 Å². The maximum Gasteiger partial charge on any atom is 0.0590 e. The molecule has 2 aromatic heterocycles. The normalized spacial score (nSPS) is 12.2. The highest BCUT2D eigenvalue weighted by Crippen LogP contribution is 2.22. The van der Waals surface area contributed by atoms with E-state index in [-0.39, 0.29) is 12.6 Å². The maximum atomic E-state index is 8.91. The number of anilines is 2. The molecular weight excluding hydrogens is 408 g/mol. The van der Waals surface area contributed by atoms with Crippen LogP contribution in [0.5, 0.6) is 0 Å². The van der Waals surface area contributed by atoms with Crippen molar-refractivity contribution in [2.24, 2.45) is 0 Å². The monoisotopic (exact) mass is 442 g/mol. The number of H-pyrrole nitrogens is 1. The Hall–Kier alpha value is -3.15. The summed E-state index contributed by atoms with van der Waals surface area (Å²) in [4.78, 5) is 7.88. The Bertz CT molecular complexity index is 1140. The third-order valence-corrected chi connectivity index (χ3v) is 6.09. The van der Waals surface area contributed by atoms with E-state index in [2.05, 4.69) is 88.3 Å². The number of aliphatic hydroxyl groups is 1. The van der Waals surface area contributed by atoms with Gasteiger partial charge in [-0.1, -0.05) is 30.3 Å². The van der Waals surface area contributed by atoms with E-state index >= 15 is 0 Å². The Morgan fingerprint density at radius 2 is 1.79 bits per heavy atom. The Morgan fingerprint density at radius 1 is 0.939 bits per heavy atom. The minimum atomic E-state index is 0.171. The first kappa shape index (κ1) is 23.0. The van der Waals surface area contributed by atoms with Gasteiger partial charge in [-0.3, -0.25) is 4.98 Å². The van der Waals surface area contributed by atoms with Crippen LogP contribution in [0.1, 0.15) is 49.0 Å². The Balaban J connectivity index is 1.28. The molecule has 0 aliphatic heterocycles. The lowest BCUT2D eigenvalue weighted by molar-refractivity contribution is 0.283. The fourth-order valence-corrected chi connectivity index (χ4v) is 4.17. The molecule has 5 nitrogen and oxygen atoms in total. The number of hydrogen-bond acceptors (Lipinski definition) is 4. The summed E-state index contributed by atoms with van der Waals surface area (Å²) in [5.41, 5.74) is 7.10. The van der Waals surface area contributed by atoms with Gasteiger partial charge in [0.25, 0.3) is 0 Å². The quantitative estimate of drug-likeness (QED) is 0.206. The molecule has 0 saturated carbocycles. The highest BCUT2D eigenvalue weighted by molar-refractivity contribution is 5.83. The van der Waals surface area contributed by atoms with E-state index in [1.54, 1.807) is 0 Å². The predicted molar refractivity (Wildman–Crippen MR) is 137 cm³/mol. The number of pyridine rings is 1. The summed E-state index contributed by atoms with van der Waals surface area (Å²) < 4.78 is 0. The molecule has 2 aromatic carbocycles. The van der Waals surface area contributed by atoms with E-state index in [4.69, 9.17) is 5.11 Å². The van der Waals surface area contributed by atoms with Crippen LogP contribution in [-0.4, -0.2) is 28.2 Å². The molecule has 0 aliphatic rings. The van der Waals surface area contributed by atoms with Gasteiger partial charge in [-0.2, -0.15) is 0 Å². The average molecular weight is 443 g/mol. The molecule has 0 radical (unpaired) electrons. The van der Waals surface area contributed by atoms with E-state index in [1.165, 1.54) is 22.0 Å². The number of aliphatic hydroxyl groups excluding tert-OH is 1. The van der Waals surface area contributed by atoms with Crippen LogP contribution < -0.4 is 10.6 Å². The second-order valence-corrected chi connectivity index (χ2v) is 8.61. The van der Waals surface area contributed by atoms with Crippen LogP contribution in [0.2, 0.25) is 0 Å². The van der Waals surface area contributed by atoms with Crippen LogP contribution in [0.15, 0.2) is 73.1 Å². The number of unbranched alkanes of at least 4 members (excludes halogenated alkanes) is 1. The zero-order valence-corrected chi connectivity index (χ0v) is 19.3. The van der Waals surface area contributed by atoms with Crippen molar-refractivity contribution < 1.29 is 5.11 Å². The van der Waals surface area contributed by atoms with Gasteiger partial charge < -0.3 is 20.7 Å². The summed E-state index contributed by atoms with van der Waals surface area (Å²) in [7, 11) is 0. The lowest BCUT2D eigenvalue weighted by atomic mass is 10.0. The molecule has 0 fully saturated rings. The van der Waals surface area contributed by atoms with Gasteiger partial charge in [-0.05, 0) is 87.0 Å². The molecule has 2 heterocycles. The summed E-state index contributed by atoms with van der Waals surface area (Å²) in [5.74, 6) is 0. The van der Waals surface area contributed by atoms with Gasteiger partial charge in [0, 0.05) is 47.3 Å². The smallest absolute Gasteiger partial charge is 0.0590 e. The Labute approximate surface area is 196 Å². The first-order valence-corrected chi connectivity index (χ1v) is 11.9. The fraction of sp³-hybridized carbons (Fsp3) is 0.321. The Kier molecular flexibility index (Phi) is 8.12. The van der Waals surface area contributed by atoms with Gasteiger partial charge in [-0.15, -0.1) is 0 Å². The minimum Gasteiger partial charge on any atom is -0.396 e. The molecule has 0 aliphatic carbocycles. The summed E-state index contributed by atoms with van der Waals surface area (Å²) in [6.07, 6.45) is 9.07. The highest BCUT2D eigenvalue weighted by Gasteiger charge is 2.07. The van der Waals surface area contributed by atoms with Gasteiger partial charge in [0.1, 0.15) is 0 Å². The van der Waals surface area contributed by atoms with Crippen molar-refractivity contribution in [1.29, 1.82) is 0 Å². The molecule has 1 unspecified atom stereocenters. The zero-order valence-electron chi connectivity index (χ0n) is 19.3. The molecule has 33 heavy (non-hydrogen) atoms. The SMILES string of the molecule is CC(NCCCCO)c1cc(Nc2ccc(CCCc3c[nH]c4ccccc34)cc2)ccn1. The Morgan fingerprint density at radius 3 is 2.64 bits per heavy atom. The topological polar surface area (TPSA) is 73.0 Å². The molecule has 0 saturated heterocycles. The van der Waals surface area contributed by atoms with Crippen molar-refractivity contribution in [2.45, 2.75) is 45.1 Å². The fourth-order valence-electron chi connectivity index (χ4n) is 4.17. The number of nitrogens with zero attached hydrogens (tertiary/aromatic N) is 1. The predicted octanol–water partition coefficient (Wildman–Crippen LogP) is 5.90. The van der Waals surface area contributed by atoms with Crippen LogP contribution in [-0.2, 0) is 12.8 Å². The van der Waals surface area contributed by atoms with Crippen LogP contribution >= 0.6 is 0 Å². The van der Waals surface area contributed by atoms with Crippen LogP contribution in [0.3, 0.4) is 0 Å². The highest BCUT2D eigenvalue weighted by atomic mass is 16.2. The van der Waals surface area contributed by atoms with Crippen molar-refractivity contribution in [1.82, 2.24) is 15.3 Å². The molecule has 172 valence electrons. The number of aromatic nitrogens is 2. The lowest BCUT2D eigenvalue weighted by Gasteiger charge is -2.15. The maximum absolute atomic E-state index is 8.91. The van der Waals surface area contributed by atoms with Gasteiger partial charge >= 0.3 is 0 Å². The molecular formula is C28H34N4O. The molecule has 1 atom stereocenters. The number of aromatic amines is 1. The van der Waals surface area contributed by atoms with Gasteiger partial charge in [0.2, 0.25) is 0 Å². The number of para-hydroxylation sites is 1. The van der Waals surface area contributed by atoms with Gasteiger partial charge in [-0.25, -0.2) is 0 Å². The summed E-state index contributed by atoms with van der Waals surface area (Å²) in [6.45, 7) is 3.25. The van der Waals surface area contributed by atoms with E-state index in [1.807, 2.05) is 12.3 Å². The number of hydrogen-bond donors (Lipinski definition) is 4. The first-order chi connectivity index (χ1) is 16.2. The van der Waals surface area contributed by atoms with Crippen molar-refractivity contribution in [3.05, 3.63) is 89.9 Å². The van der Waals surface area contributed by atoms with Crippen molar-refractivity contribution in [2.75, 3.05) is 18.5 Å². The molecule has 4 N–H and O–H groups in total.